The van der Waals surface area contributed by atoms with Gasteiger partial charge in [0.15, 0.2) is 23.0 Å². The molecule has 0 aliphatic carbocycles. The van der Waals surface area contributed by atoms with Gasteiger partial charge in [-0.15, -0.1) is 0 Å². The molecular weight excluding hydrogens is 310 g/mol. The summed E-state index contributed by atoms with van der Waals surface area (Å²) in [5, 5.41) is 0. The number of methoxy groups -OCH3 is 1. The lowest BCUT2D eigenvalue weighted by molar-refractivity contribution is -0.130. The molecule has 1 aliphatic heterocycles. The van der Waals surface area contributed by atoms with Crippen LogP contribution in [-0.4, -0.2) is 25.6 Å². The minimum Gasteiger partial charge on any atom is -0.493 e. The molecule has 0 saturated heterocycles. The average molecular weight is 325 g/mol. The third-order valence-corrected chi connectivity index (χ3v) is 3.22. The van der Waals surface area contributed by atoms with Crippen LogP contribution >= 0.6 is 0 Å². The summed E-state index contributed by atoms with van der Waals surface area (Å²) in [7, 11) is 1.55. The van der Waals surface area contributed by atoms with Gasteiger partial charge >= 0.3 is 5.97 Å². The summed E-state index contributed by atoms with van der Waals surface area (Å²) < 4.78 is 21.3. The second-order valence-corrected chi connectivity index (χ2v) is 4.79. The van der Waals surface area contributed by atoms with Crippen LogP contribution in [0.1, 0.15) is 11.3 Å². The first-order valence-electron chi connectivity index (χ1n) is 7.20. The van der Waals surface area contributed by atoms with Crippen molar-refractivity contribution in [2.45, 2.75) is 0 Å². The third kappa shape index (κ3) is 3.08. The van der Waals surface area contributed by atoms with Crippen molar-refractivity contribution in [3.05, 3.63) is 66.3 Å². The number of para-hydroxylation sites is 1. The van der Waals surface area contributed by atoms with Crippen molar-refractivity contribution in [1.82, 2.24) is 0 Å². The van der Waals surface area contributed by atoms with Gasteiger partial charge in [0, 0.05) is 5.56 Å². The summed E-state index contributed by atoms with van der Waals surface area (Å²) in [6.07, 6.45) is 4.69. The summed E-state index contributed by atoms with van der Waals surface area (Å²) >= 11 is 0. The highest BCUT2D eigenvalue weighted by Crippen LogP contribution is 2.33. The number of nitrogens with zero attached hydrogens (tertiary/aromatic N) is 1. The highest BCUT2D eigenvalue weighted by molar-refractivity contribution is 6.12. The zero-order valence-electron chi connectivity index (χ0n) is 13.0. The summed E-state index contributed by atoms with van der Waals surface area (Å²) in [6, 6.07) is 8.71. The molecule has 0 N–H and O–H groups in total. The predicted molar refractivity (Wildman–Crippen MR) is 88.0 cm³/mol. The molecule has 3 rings (SSSR count). The maximum absolute atomic E-state index is 12.0. The lowest BCUT2D eigenvalue weighted by Gasteiger charge is -2.12. The molecule has 0 unspecified atom stereocenters. The Balaban J connectivity index is 1.98. The van der Waals surface area contributed by atoms with Crippen molar-refractivity contribution in [2.75, 3.05) is 13.7 Å². The highest BCUT2D eigenvalue weighted by atomic mass is 16.6. The first-order valence-corrected chi connectivity index (χ1v) is 7.20. The SMILES string of the molecule is C=CCOc1c(/C=C2/N=C(c3ccco3)OC2=O)cccc1OC. The fraction of sp³-hybridized carbons (Fsp3) is 0.111. The summed E-state index contributed by atoms with van der Waals surface area (Å²) in [6.45, 7) is 3.93. The first-order chi connectivity index (χ1) is 11.7. The standard InChI is InChI=1S/C18H15NO5/c1-3-9-23-16-12(6-4-7-14(16)21-2)11-13-18(20)24-17(19-13)15-8-5-10-22-15/h3-8,10-11H,1,9H2,2H3/b13-11+. The molecule has 6 nitrogen and oxygen atoms in total. The first kappa shape index (κ1) is 15.6. The molecule has 0 saturated carbocycles. The lowest BCUT2D eigenvalue weighted by Crippen LogP contribution is -2.04. The lowest BCUT2D eigenvalue weighted by atomic mass is 10.1. The Morgan fingerprint density at radius 1 is 1.29 bits per heavy atom. The zero-order valence-corrected chi connectivity index (χ0v) is 13.0. The van der Waals surface area contributed by atoms with Crippen molar-refractivity contribution in [3.63, 3.8) is 0 Å². The van der Waals surface area contributed by atoms with Gasteiger partial charge in [0.1, 0.15) is 6.61 Å². The summed E-state index contributed by atoms with van der Waals surface area (Å²) in [5.74, 6) is 1.02. The van der Waals surface area contributed by atoms with Gasteiger partial charge in [0.05, 0.1) is 13.4 Å². The van der Waals surface area contributed by atoms with E-state index >= 15 is 0 Å². The van der Waals surface area contributed by atoms with Crippen molar-refractivity contribution >= 4 is 17.9 Å². The van der Waals surface area contributed by atoms with E-state index in [0.29, 0.717) is 29.4 Å². The highest BCUT2D eigenvalue weighted by Gasteiger charge is 2.26. The van der Waals surface area contributed by atoms with Crippen molar-refractivity contribution in [2.24, 2.45) is 4.99 Å². The number of esters is 1. The molecule has 2 aromatic rings. The molecule has 0 bridgehead atoms. The Labute approximate surface area is 138 Å². The van der Waals surface area contributed by atoms with E-state index in [1.807, 2.05) is 0 Å². The largest absolute Gasteiger partial charge is 0.493 e. The quantitative estimate of drug-likeness (QED) is 0.463. The van der Waals surface area contributed by atoms with Crippen LogP contribution in [0.4, 0.5) is 0 Å². The van der Waals surface area contributed by atoms with Crippen LogP contribution in [-0.2, 0) is 9.53 Å². The van der Waals surface area contributed by atoms with E-state index in [-0.39, 0.29) is 11.6 Å². The molecule has 0 atom stereocenters. The smallest absolute Gasteiger partial charge is 0.363 e. The monoisotopic (exact) mass is 325 g/mol. The van der Waals surface area contributed by atoms with E-state index in [1.54, 1.807) is 49.6 Å². The van der Waals surface area contributed by atoms with Gasteiger partial charge in [0.25, 0.3) is 5.90 Å². The van der Waals surface area contributed by atoms with E-state index < -0.39 is 5.97 Å². The number of hydrogen-bond acceptors (Lipinski definition) is 6. The Kier molecular flexibility index (Phi) is 4.47. The van der Waals surface area contributed by atoms with Gasteiger partial charge < -0.3 is 18.6 Å². The Hall–Kier alpha value is -3.28. The van der Waals surface area contributed by atoms with Crippen molar-refractivity contribution < 1.29 is 23.4 Å². The number of cyclic esters (lactones) is 1. The Morgan fingerprint density at radius 3 is 2.88 bits per heavy atom. The number of carbonyl (C=O) groups excluding carboxylic acids is 1. The molecule has 1 aliphatic rings. The number of ether oxygens (including phenoxy) is 3. The van der Waals surface area contributed by atoms with Crippen molar-refractivity contribution in [3.8, 4) is 11.5 Å². The molecular formula is C18H15NO5. The van der Waals surface area contributed by atoms with Crippen LogP contribution in [0.15, 0.2) is 64.4 Å². The molecule has 24 heavy (non-hydrogen) atoms. The number of rotatable bonds is 6. The predicted octanol–water partition coefficient (Wildman–Crippen LogP) is 3.20. The summed E-state index contributed by atoms with van der Waals surface area (Å²) in [4.78, 5) is 16.2. The number of carbonyl (C=O) groups is 1. The second-order valence-electron chi connectivity index (χ2n) is 4.79. The molecule has 0 amide bonds. The van der Waals surface area contributed by atoms with Crippen LogP contribution < -0.4 is 9.47 Å². The van der Waals surface area contributed by atoms with Crippen LogP contribution in [0.5, 0.6) is 11.5 Å². The van der Waals surface area contributed by atoms with Gasteiger partial charge in [-0.2, -0.15) is 0 Å². The third-order valence-electron chi connectivity index (χ3n) is 3.22. The molecule has 122 valence electrons. The summed E-state index contributed by atoms with van der Waals surface area (Å²) in [5.41, 5.74) is 0.797. The van der Waals surface area contributed by atoms with E-state index in [4.69, 9.17) is 18.6 Å². The number of benzene rings is 1. The minimum atomic E-state index is -0.557. The van der Waals surface area contributed by atoms with E-state index in [9.17, 15) is 4.79 Å². The van der Waals surface area contributed by atoms with Gasteiger partial charge in [-0.3, -0.25) is 0 Å². The van der Waals surface area contributed by atoms with Crippen LogP contribution in [0.25, 0.3) is 6.08 Å². The maximum Gasteiger partial charge on any atom is 0.363 e. The van der Waals surface area contributed by atoms with Crippen LogP contribution in [0.3, 0.4) is 0 Å². The number of aliphatic imine (C=N–C) groups is 1. The van der Waals surface area contributed by atoms with E-state index in [1.165, 1.54) is 6.26 Å². The normalized spacial score (nSPS) is 15.1. The number of furan rings is 1. The molecule has 2 heterocycles. The fourth-order valence-corrected chi connectivity index (χ4v) is 2.17. The number of hydrogen-bond donors (Lipinski definition) is 0. The molecule has 6 heteroatoms. The van der Waals surface area contributed by atoms with E-state index in [2.05, 4.69) is 11.6 Å². The van der Waals surface area contributed by atoms with Gasteiger partial charge in [-0.1, -0.05) is 24.8 Å². The second kappa shape index (κ2) is 6.87. The Bertz CT molecular complexity index is 818. The minimum absolute atomic E-state index is 0.132. The molecule has 0 radical (unpaired) electrons. The van der Waals surface area contributed by atoms with Crippen LogP contribution in [0.2, 0.25) is 0 Å². The molecule has 0 fully saturated rings. The zero-order chi connectivity index (χ0) is 16.9. The van der Waals surface area contributed by atoms with E-state index in [0.717, 1.165) is 0 Å². The molecule has 1 aromatic heterocycles. The van der Waals surface area contributed by atoms with Crippen molar-refractivity contribution in [1.29, 1.82) is 0 Å². The van der Waals surface area contributed by atoms with Gasteiger partial charge in [-0.05, 0) is 24.3 Å². The average Bonchev–Trinajstić information content (AvgIpc) is 3.24. The van der Waals surface area contributed by atoms with Gasteiger partial charge in [-0.25, -0.2) is 9.79 Å². The Morgan fingerprint density at radius 2 is 2.17 bits per heavy atom. The molecule has 1 aromatic carbocycles. The molecule has 0 spiro atoms. The van der Waals surface area contributed by atoms with Crippen LogP contribution in [0, 0.1) is 0 Å². The topological polar surface area (TPSA) is 70.3 Å². The maximum atomic E-state index is 12.0. The fourth-order valence-electron chi connectivity index (χ4n) is 2.17. The van der Waals surface area contributed by atoms with Gasteiger partial charge in [0.2, 0.25) is 0 Å².